The third-order valence-corrected chi connectivity index (χ3v) is 3.70. The first-order valence-corrected chi connectivity index (χ1v) is 6.86. The molecule has 1 aliphatic heterocycles. The van der Waals surface area contributed by atoms with Gasteiger partial charge < -0.3 is 4.74 Å². The quantitative estimate of drug-likeness (QED) is 0.792. The lowest BCUT2D eigenvalue weighted by molar-refractivity contribution is 0.0984. The number of benzene rings is 1. The maximum atomic E-state index is 12.0. The summed E-state index contributed by atoms with van der Waals surface area (Å²) in [4.78, 5) is 12.0. The van der Waals surface area contributed by atoms with Crippen LogP contribution in [0.4, 0.5) is 0 Å². The van der Waals surface area contributed by atoms with E-state index in [0.29, 0.717) is 18.0 Å². The Balaban J connectivity index is 2.01. The highest BCUT2D eigenvalue weighted by Gasteiger charge is 2.20. The molecule has 0 aliphatic carbocycles. The van der Waals surface area contributed by atoms with E-state index >= 15 is 0 Å². The summed E-state index contributed by atoms with van der Waals surface area (Å²) in [6.07, 6.45) is 1.57. The predicted molar refractivity (Wildman–Crippen MR) is 73.3 cm³/mol. The van der Waals surface area contributed by atoms with Crippen LogP contribution < -0.4 is 0 Å². The van der Waals surface area contributed by atoms with E-state index in [1.807, 2.05) is 35.9 Å². The largest absolute Gasteiger partial charge is 0.381 e. The third-order valence-electron chi connectivity index (χ3n) is 3.70. The number of Topliss-reactive ketones (excluding diaryl/α,β-unsaturated/α-hetero) is 1. The van der Waals surface area contributed by atoms with Crippen molar-refractivity contribution in [2.75, 3.05) is 13.2 Å². The Kier molecular flexibility index (Phi) is 3.34. The van der Waals surface area contributed by atoms with Crippen LogP contribution in [-0.2, 0) is 11.3 Å². The molecule has 3 rings (SSSR count). The summed E-state index contributed by atoms with van der Waals surface area (Å²) in [6.45, 7) is 4.34. The predicted octanol–water partition coefficient (Wildman–Crippen LogP) is 2.67. The van der Waals surface area contributed by atoms with Gasteiger partial charge in [0.1, 0.15) is 5.69 Å². The van der Waals surface area contributed by atoms with Crippen LogP contribution in [0.2, 0.25) is 0 Å². The summed E-state index contributed by atoms with van der Waals surface area (Å²) in [6, 6.07) is 7.96. The molecule has 0 radical (unpaired) electrons. The Bertz CT molecular complexity index is 597. The standard InChI is InChI=1S/C15H18N2O2/c1-2-14(18)15-12-5-3-4-6-13(12)17(16-15)9-11-7-8-19-10-11/h3-6,11H,2,7-10H2,1H3. The normalized spacial score (nSPS) is 19.1. The fraction of sp³-hybridized carbons (Fsp3) is 0.467. The van der Waals surface area contributed by atoms with Gasteiger partial charge in [-0.15, -0.1) is 0 Å². The molecule has 1 aliphatic rings. The Morgan fingerprint density at radius 2 is 2.32 bits per heavy atom. The first-order chi connectivity index (χ1) is 9.29. The molecule has 1 fully saturated rings. The molecule has 1 aromatic carbocycles. The number of ketones is 1. The Hall–Kier alpha value is -1.68. The summed E-state index contributed by atoms with van der Waals surface area (Å²) >= 11 is 0. The van der Waals surface area contributed by atoms with Crippen LogP contribution in [-0.4, -0.2) is 28.8 Å². The Morgan fingerprint density at radius 1 is 1.47 bits per heavy atom. The number of fused-ring (bicyclic) bond motifs is 1. The van der Waals surface area contributed by atoms with Crippen molar-refractivity contribution in [1.82, 2.24) is 9.78 Å². The number of para-hydroxylation sites is 1. The number of hydrogen-bond donors (Lipinski definition) is 0. The van der Waals surface area contributed by atoms with Gasteiger partial charge in [0.15, 0.2) is 5.78 Å². The van der Waals surface area contributed by atoms with Gasteiger partial charge in [0.2, 0.25) is 0 Å². The maximum absolute atomic E-state index is 12.0. The molecule has 1 aromatic heterocycles. The van der Waals surface area contributed by atoms with Gasteiger partial charge in [0.05, 0.1) is 12.1 Å². The number of rotatable bonds is 4. The van der Waals surface area contributed by atoms with Crippen LogP contribution in [0, 0.1) is 5.92 Å². The molecule has 0 spiro atoms. The van der Waals surface area contributed by atoms with E-state index in [1.54, 1.807) is 0 Å². The van der Waals surface area contributed by atoms with Gasteiger partial charge in [-0.3, -0.25) is 9.48 Å². The van der Waals surface area contributed by atoms with Crippen molar-refractivity contribution >= 4 is 16.7 Å². The molecule has 2 heterocycles. The minimum absolute atomic E-state index is 0.109. The van der Waals surface area contributed by atoms with Crippen molar-refractivity contribution < 1.29 is 9.53 Å². The zero-order valence-corrected chi connectivity index (χ0v) is 11.1. The fourth-order valence-electron chi connectivity index (χ4n) is 2.61. The summed E-state index contributed by atoms with van der Waals surface area (Å²) in [5.41, 5.74) is 1.66. The van der Waals surface area contributed by atoms with E-state index < -0.39 is 0 Å². The number of carbonyl (C=O) groups excluding carboxylic acids is 1. The van der Waals surface area contributed by atoms with Crippen LogP contribution >= 0.6 is 0 Å². The average molecular weight is 258 g/mol. The lowest BCUT2D eigenvalue weighted by Gasteiger charge is -2.08. The van der Waals surface area contributed by atoms with Crippen molar-refractivity contribution in [3.8, 4) is 0 Å². The second kappa shape index (κ2) is 5.13. The zero-order valence-electron chi connectivity index (χ0n) is 11.1. The molecule has 1 saturated heterocycles. The molecular formula is C15H18N2O2. The zero-order chi connectivity index (χ0) is 13.2. The summed E-state index contributed by atoms with van der Waals surface area (Å²) in [7, 11) is 0. The number of nitrogens with zero attached hydrogens (tertiary/aromatic N) is 2. The number of aromatic nitrogens is 2. The van der Waals surface area contributed by atoms with Crippen LogP contribution in [0.5, 0.6) is 0 Å². The monoisotopic (exact) mass is 258 g/mol. The highest BCUT2D eigenvalue weighted by atomic mass is 16.5. The SMILES string of the molecule is CCC(=O)c1nn(CC2CCOC2)c2ccccc12. The highest BCUT2D eigenvalue weighted by Crippen LogP contribution is 2.22. The Morgan fingerprint density at radius 3 is 3.05 bits per heavy atom. The van der Waals surface area contributed by atoms with E-state index in [2.05, 4.69) is 5.10 Å². The van der Waals surface area contributed by atoms with Crippen LogP contribution in [0.1, 0.15) is 30.3 Å². The van der Waals surface area contributed by atoms with Crippen molar-refractivity contribution in [1.29, 1.82) is 0 Å². The summed E-state index contributed by atoms with van der Waals surface area (Å²) in [5, 5.41) is 5.50. The summed E-state index contributed by atoms with van der Waals surface area (Å²) < 4.78 is 7.38. The highest BCUT2D eigenvalue weighted by molar-refractivity contribution is 6.05. The van der Waals surface area contributed by atoms with E-state index in [9.17, 15) is 4.79 Å². The smallest absolute Gasteiger partial charge is 0.183 e. The summed E-state index contributed by atoms with van der Waals surface area (Å²) in [5.74, 6) is 0.616. The molecule has 100 valence electrons. The van der Waals surface area contributed by atoms with E-state index in [4.69, 9.17) is 4.74 Å². The van der Waals surface area contributed by atoms with Gasteiger partial charge >= 0.3 is 0 Å². The van der Waals surface area contributed by atoms with E-state index in [0.717, 1.165) is 37.1 Å². The lowest BCUT2D eigenvalue weighted by atomic mass is 10.1. The molecule has 0 N–H and O–H groups in total. The van der Waals surface area contributed by atoms with Gasteiger partial charge in [-0.25, -0.2) is 0 Å². The number of hydrogen-bond acceptors (Lipinski definition) is 3. The molecule has 2 aromatic rings. The average Bonchev–Trinajstić information content (AvgIpc) is 3.07. The molecule has 1 unspecified atom stereocenters. The first kappa shape index (κ1) is 12.4. The second-order valence-electron chi connectivity index (χ2n) is 5.05. The molecule has 4 nitrogen and oxygen atoms in total. The molecule has 0 bridgehead atoms. The minimum Gasteiger partial charge on any atom is -0.381 e. The maximum Gasteiger partial charge on any atom is 0.183 e. The number of carbonyl (C=O) groups is 1. The molecule has 1 atom stereocenters. The van der Waals surface area contributed by atoms with Gasteiger partial charge in [-0.05, 0) is 12.5 Å². The molecule has 4 heteroatoms. The van der Waals surface area contributed by atoms with E-state index in [1.165, 1.54) is 0 Å². The van der Waals surface area contributed by atoms with Gasteiger partial charge in [0, 0.05) is 30.9 Å². The molecule has 0 amide bonds. The van der Waals surface area contributed by atoms with Crippen molar-refractivity contribution in [2.45, 2.75) is 26.3 Å². The first-order valence-electron chi connectivity index (χ1n) is 6.86. The van der Waals surface area contributed by atoms with Crippen molar-refractivity contribution in [2.24, 2.45) is 5.92 Å². The number of ether oxygens (including phenoxy) is 1. The van der Waals surface area contributed by atoms with Gasteiger partial charge in [-0.2, -0.15) is 5.10 Å². The van der Waals surface area contributed by atoms with Crippen LogP contribution in [0.15, 0.2) is 24.3 Å². The molecular weight excluding hydrogens is 240 g/mol. The Labute approximate surface area is 112 Å². The molecule has 19 heavy (non-hydrogen) atoms. The van der Waals surface area contributed by atoms with Crippen LogP contribution in [0.3, 0.4) is 0 Å². The van der Waals surface area contributed by atoms with E-state index in [-0.39, 0.29) is 5.78 Å². The molecule has 0 saturated carbocycles. The van der Waals surface area contributed by atoms with Gasteiger partial charge in [0.25, 0.3) is 0 Å². The van der Waals surface area contributed by atoms with Crippen LogP contribution in [0.25, 0.3) is 10.9 Å². The lowest BCUT2D eigenvalue weighted by Crippen LogP contribution is -2.12. The fourth-order valence-corrected chi connectivity index (χ4v) is 2.61. The van der Waals surface area contributed by atoms with Crippen molar-refractivity contribution in [3.05, 3.63) is 30.0 Å². The third kappa shape index (κ3) is 2.28. The second-order valence-corrected chi connectivity index (χ2v) is 5.05. The topological polar surface area (TPSA) is 44.1 Å². The van der Waals surface area contributed by atoms with Crippen molar-refractivity contribution in [3.63, 3.8) is 0 Å². The van der Waals surface area contributed by atoms with Gasteiger partial charge in [-0.1, -0.05) is 25.1 Å². The minimum atomic E-state index is 0.109.